The molecule has 0 aromatic rings. The lowest BCUT2D eigenvalue weighted by atomic mass is 10.8. The molecule has 0 aromatic carbocycles. The van der Waals surface area contributed by atoms with Gasteiger partial charge < -0.3 is 4.90 Å². The molecule has 0 saturated heterocycles. The fourth-order valence-corrected chi connectivity index (χ4v) is 0.316. The Morgan fingerprint density at radius 1 is 1.71 bits per heavy atom. The lowest BCUT2D eigenvalue weighted by Crippen LogP contribution is -2.15. The Morgan fingerprint density at radius 2 is 2.14 bits per heavy atom. The van der Waals surface area contributed by atoms with Crippen molar-refractivity contribution in [3.05, 3.63) is 0 Å². The Kier molecular flexibility index (Phi) is 3.47. The topological polar surface area (TPSA) is 3.24 Å². The summed E-state index contributed by atoms with van der Waals surface area (Å²) in [5.74, 6) is 0. The first-order valence-corrected chi connectivity index (χ1v) is 3.05. The predicted octanol–water partition coefficient (Wildman–Crippen LogP) is 0.650. The highest BCUT2D eigenvalue weighted by molar-refractivity contribution is 8.37. The molecule has 0 heterocycles. The van der Waals surface area contributed by atoms with Crippen LogP contribution in [-0.4, -0.2) is 30.4 Å². The second-order valence-corrected chi connectivity index (χ2v) is 2.55. The molecule has 0 aliphatic carbocycles. The van der Waals surface area contributed by atoms with Gasteiger partial charge in [-0.2, -0.15) is 11.6 Å². The van der Waals surface area contributed by atoms with Gasteiger partial charge >= 0.3 is 0 Å². The summed E-state index contributed by atoms with van der Waals surface area (Å²) in [6, 6.07) is 0. The van der Waals surface area contributed by atoms with Gasteiger partial charge in [0.1, 0.15) is 4.32 Å². The van der Waals surface area contributed by atoms with Crippen LogP contribution in [0.1, 0.15) is 0 Å². The number of hydrogen-bond acceptors (Lipinski definition) is 2. The van der Waals surface area contributed by atoms with Crippen molar-refractivity contribution in [2.24, 2.45) is 0 Å². The minimum absolute atomic E-state index is 0.708. The molecule has 0 atom stereocenters. The molecule has 0 fully saturated rings. The van der Waals surface area contributed by atoms with Crippen LogP contribution < -0.4 is 0 Å². The van der Waals surface area contributed by atoms with Gasteiger partial charge in [-0.05, 0) is 0 Å². The molecule has 1 nitrogen and oxygen atoms in total. The molecule has 7 heavy (non-hydrogen) atoms. The molecular formula is C3H6BNS2. The summed E-state index contributed by atoms with van der Waals surface area (Å²) < 4.78 is 0.708. The maximum atomic E-state index is 5.11. The van der Waals surface area contributed by atoms with Crippen LogP contribution in [-0.2, 0) is 0 Å². The van der Waals surface area contributed by atoms with E-state index in [1.165, 1.54) is 0 Å². The predicted molar refractivity (Wildman–Crippen MR) is 39.6 cm³/mol. The second kappa shape index (κ2) is 3.33. The Bertz CT molecular complexity index is 73.3. The van der Waals surface area contributed by atoms with E-state index in [2.05, 4.69) is 0 Å². The summed E-state index contributed by atoms with van der Waals surface area (Å²) in [6.07, 6.45) is 0. The molecule has 0 bridgehead atoms. The van der Waals surface area contributed by atoms with Crippen molar-refractivity contribution in [3.8, 4) is 0 Å². The summed E-state index contributed by atoms with van der Waals surface area (Å²) in [6.45, 7) is 0. The molecule has 38 valence electrons. The highest BCUT2D eigenvalue weighted by Gasteiger charge is 1.90. The second-order valence-electron chi connectivity index (χ2n) is 1.28. The molecule has 0 unspecified atom stereocenters. The van der Waals surface area contributed by atoms with Crippen molar-refractivity contribution in [1.29, 1.82) is 0 Å². The van der Waals surface area contributed by atoms with Gasteiger partial charge in [0.2, 0.25) is 0 Å². The van der Waals surface area contributed by atoms with E-state index >= 15 is 0 Å². The van der Waals surface area contributed by atoms with Gasteiger partial charge in [-0.3, -0.25) is 0 Å². The average molecular weight is 131 g/mol. The van der Waals surface area contributed by atoms with E-state index in [-0.39, 0.29) is 0 Å². The Morgan fingerprint density at radius 3 is 2.14 bits per heavy atom. The van der Waals surface area contributed by atoms with Crippen molar-refractivity contribution in [1.82, 2.24) is 4.90 Å². The lowest BCUT2D eigenvalue weighted by Gasteiger charge is -2.09. The number of rotatable bonds is 0. The molecule has 0 spiro atoms. The van der Waals surface area contributed by atoms with Crippen LogP contribution in [0.5, 0.6) is 0 Å². The third-order valence-corrected chi connectivity index (χ3v) is 1.69. The zero-order valence-electron chi connectivity index (χ0n) is 4.34. The highest BCUT2D eigenvalue weighted by Crippen LogP contribution is 1.97. The molecule has 0 aromatic heterocycles. The average Bonchev–Trinajstić information content (AvgIpc) is 1.65. The van der Waals surface area contributed by atoms with Crippen LogP contribution in [0.15, 0.2) is 0 Å². The maximum absolute atomic E-state index is 5.11. The van der Waals surface area contributed by atoms with E-state index in [1.54, 1.807) is 4.90 Å². The normalized spacial score (nSPS) is 8.29. The molecular weight excluding hydrogens is 125 g/mol. The summed E-state index contributed by atoms with van der Waals surface area (Å²) >= 11 is 5.83. The summed E-state index contributed by atoms with van der Waals surface area (Å²) in [5, 5.41) is 0. The third-order valence-electron chi connectivity index (χ3n) is 0.466. The van der Waals surface area contributed by atoms with Crippen molar-refractivity contribution >= 4 is 35.3 Å². The van der Waals surface area contributed by atoms with E-state index in [0.717, 1.165) is 11.6 Å². The number of thiocarbonyl (C=S) groups is 1. The van der Waals surface area contributed by atoms with Gasteiger partial charge in [-0.1, -0.05) is 12.2 Å². The fourth-order valence-electron chi connectivity index (χ4n) is 0.105. The van der Waals surface area contributed by atoms with Crippen LogP contribution in [0.3, 0.4) is 0 Å². The Hall–Kier alpha value is 0.305. The van der Waals surface area contributed by atoms with Gasteiger partial charge in [-0.15, -0.1) is 0 Å². The van der Waals surface area contributed by atoms with Gasteiger partial charge in [-0.25, -0.2) is 0 Å². The van der Waals surface area contributed by atoms with Crippen molar-refractivity contribution in [3.63, 3.8) is 0 Å². The minimum Gasteiger partial charge on any atom is -0.364 e. The Labute approximate surface area is 54.8 Å². The van der Waals surface area contributed by atoms with Gasteiger partial charge in [0.15, 0.2) is 7.12 Å². The van der Waals surface area contributed by atoms with Crippen LogP contribution in [0, 0.1) is 0 Å². The Balaban J connectivity index is 3.35. The van der Waals surface area contributed by atoms with Crippen LogP contribution in [0.25, 0.3) is 0 Å². The standard InChI is InChI=1S/C3H6BNS2/c1-5(2)3(6)7-4/h1-2H3. The van der Waals surface area contributed by atoms with Crippen molar-refractivity contribution in [2.45, 2.75) is 0 Å². The minimum atomic E-state index is 0.708. The van der Waals surface area contributed by atoms with Crippen molar-refractivity contribution < 1.29 is 0 Å². The van der Waals surface area contributed by atoms with E-state index in [4.69, 9.17) is 19.3 Å². The molecule has 2 radical (unpaired) electrons. The van der Waals surface area contributed by atoms with E-state index in [1.807, 2.05) is 14.1 Å². The molecule has 0 aliphatic rings. The zero-order chi connectivity index (χ0) is 5.86. The molecule has 0 rings (SSSR count). The quantitative estimate of drug-likeness (QED) is 0.351. The summed E-state index contributed by atoms with van der Waals surface area (Å²) in [4.78, 5) is 1.79. The van der Waals surface area contributed by atoms with Crippen LogP contribution in [0.2, 0.25) is 0 Å². The maximum Gasteiger partial charge on any atom is 0.171 e. The van der Waals surface area contributed by atoms with Gasteiger partial charge in [0, 0.05) is 14.1 Å². The largest absolute Gasteiger partial charge is 0.364 e. The number of hydrogen-bond donors (Lipinski definition) is 0. The van der Waals surface area contributed by atoms with Crippen molar-refractivity contribution in [2.75, 3.05) is 14.1 Å². The SMILES string of the molecule is [B]SC(=S)N(C)C. The monoisotopic (exact) mass is 131 g/mol. The van der Waals surface area contributed by atoms with Gasteiger partial charge in [0.25, 0.3) is 0 Å². The van der Waals surface area contributed by atoms with Crippen LogP contribution in [0.4, 0.5) is 0 Å². The van der Waals surface area contributed by atoms with Gasteiger partial charge in [0.05, 0.1) is 0 Å². The molecule has 0 amide bonds. The highest BCUT2D eigenvalue weighted by atomic mass is 32.2. The van der Waals surface area contributed by atoms with Crippen LogP contribution >= 0.6 is 23.8 Å². The smallest absolute Gasteiger partial charge is 0.171 e. The summed E-state index contributed by atoms with van der Waals surface area (Å²) in [5.41, 5.74) is 0. The molecule has 0 N–H and O–H groups in total. The zero-order valence-corrected chi connectivity index (χ0v) is 5.97. The molecule has 0 saturated carbocycles. The summed E-state index contributed by atoms with van der Waals surface area (Å²) in [7, 11) is 8.83. The first kappa shape index (κ1) is 7.30. The van der Waals surface area contributed by atoms with E-state index in [9.17, 15) is 0 Å². The first-order valence-electron chi connectivity index (χ1n) is 1.76. The number of nitrogens with zero attached hydrogens (tertiary/aromatic N) is 1. The molecule has 0 aliphatic heterocycles. The fraction of sp³-hybridized carbons (Fsp3) is 0.667. The first-order chi connectivity index (χ1) is 3.18. The molecule has 4 heteroatoms. The van der Waals surface area contributed by atoms with E-state index in [0.29, 0.717) is 4.32 Å². The third kappa shape index (κ3) is 2.94. The lowest BCUT2D eigenvalue weighted by molar-refractivity contribution is 0.648. The van der Waals surface area contributed by atoms with E-state index < -0.39 is 0 Å².